The Morgan fingerprint density at radius 2 is 1.57 bits per heavy atom. The molecule has 0 N–H and O–H groups in total. The van der Waals surface area contributed by atoms with Crippen LogP contribution in [-0.4, -0.2) is 0 Å². The van der Waals surface area contributed by atoms with E-state index in [9.17, 15) is 4.55 Å². The molecule has 4 rings (SSSR count). The van der Waals surface area contributed by atoms with Gasteiger partial charge in [0.2, 0.25) is 0 Å². The van der Waals surface area contributed by atoms with Crippen molar-refractivity contribution in [2.45, 2.75) is 4.90 Å². The van der Waals surface area contributed by atoms with Gasteiger partial charge in [0.05, 0.1) is 0 Å². The average Bonchev–Trinajstić information content (AvgIpc) is 2.85. The van der Waals surface area contributed by atoms with Crippen LogP contribution in [0.4, 0.5) is 0 Å². The summed E-state index contributed by atoms with van der Waals surface area (Å²) in [7, 11) is 0. The molecular formula is C18H13O2S. The van der Waals surface area contributed by atoms with Crippen molar-refractivity contribution < 1.29 is 9.29 Å². The smallest absolute Gasteiger partial charge is 0.142 e. The molecule has 0 fully saturated rings. The topological polar surface area (TPSA) is 29.1 Å². The summed E-state index contributed by atoms with van der Waals surface area (Å²) < 4.78 is 18.2. The first-order chi connectivity index (χ1) is 10.3. The van der Waals surface area contributed by atoms with Crippen LogP contribution in [-0.2, 0) is 4.55 Å². The van der Waals surface area contributed by atoms with Crippen molar-refractivity contribution in [3.63, 3.8) is 0 Å². The van der Waals surface area contributed by atoms with E-state index in [1.165, 1.54) is 0 Å². The molecule has 0 saturated carbocycles. The van der Waals surface area contributed by atoms with Crippen LogP contribution < -0.4 is 4.74 Å². The molecule has 0 bridgehead atoms. The van der Waals surface area contributed by atoms with Crippen molar-refractivity contribution in [1.29, 1.82) is 0 Å². The Hall–Kier alpha value is -2.23. The molecule has 1 atom stereocenters. The molecule has 3 aromatic carbocycles. The number of thiol groups is 1. The van der Waals surface area contributed by atoms with Crippen molar-refractivity contribution in [1.82, 2.24) is 0 Å². The second-order valence-electron chi connectivity index (χ2n) is 4.92. The fraction of sp³-hybridized carbons (Fsp3) is 0. The number of benzene rings is 3. The minimum Gasteiger partial charge on any atom is -0.455 e. The van der Waals surface area contributed by atoms with Crippen LogP contribution in [0.15, 0.2) is 77.0 Å². The molecule has 103 valence electrons. The molecule has 0 aliphatic carbocycles. The molecule has 3 heteroatoms. The lowest BCUT2D eigenvalue weighted by atomic mass is 10.1. The van der Waals surface area contributed by atoms with E-state index in [0.717, 1.165) is 27.0 Å². The molecule has 0 saturated heterocycles. The Labute approximate surface area is 125 Å². The second kappa shape index (κ2) is 4.95. The lowest BCUT2D eigenvalue weighted by Crippen LogP contribution is -1.93. The van der Waals surface area contributed by atoms with E-state index < -0.39 is 11.2 Å². The van der Waals surface area contributed by atoms with Crippen molar-refractivity contribution in [2.75, 3.05) is 0 Å². The summed E-state index contributed by atoms with van der Waals surface area (Å²) in [4.78, 5) is 0.850. The Morgan fingerprint density at radius 1 is 0.810 bits per heavy atom. The first-order valence-corrected chi connectivity index (χ1v) is 8.09. The normalized spacial score (nSPS) is 18.3. The van der Waals surface area contributed by atoms with Gasteiger partial charge < -0.3 is 4.74 Å². The summed E-state index contributed by atoms with van der Waals surface area (Å²) in [6.45, 7) is 0. The third-order valence-electron chi connectivity index (χ3n) is 3.61. The molecule has 1 aliphatic heterocycles. The lowest BCUT2D eigenvalue weighted by Gasteiger charge is -2.10. The highest BCUT2D eigenvalue weighted by Crippen LogP contribution is 2.48. The van der Waals surface area contributed by atoms with E-state index >= 15 is 0 Å². The fourth-order valence-corrected chi connectivity index (χ4v) is 3.80. The van der Waals surface area contributed by atoms with Gasteiger partial charge in [-0.2, -0.15) is 4.55 Å². The highest BCUT2D eigenvalue weighted by molar-refractivity contribution is 8.15. The Balaban J connectivity index is 1.78. The van der Waals surface area contributed by atoms with E-state index in [4.69, 9.17) is 4.74 Å². The molecule has 1 radical (unpaired) electrons. The van der Waals surface area contributed by atoms with Crippen LogP contribution in [0.2, 0.25) is 0 Å². The molecular weight excluding hydrogens is 280 g/mol. The molecule has 1 aliphatic rings. The zero-order valence-corrected chi connectivity index (χ0v) is 12.1. The average molecular weight is 293 g/mol. The highest BCUT2D eigenvalue weighted by atomic mass is 32.2. The Kier molecular flexibility index (Phi) is 2.95. The number of hydrogen-bond acceptors (Lipinski definition) is 1. The van der Waals surface area contributed by atoms with Crippen LogP contribution in [0.3, 0.4) is 0 Å². The van der Waals surface area contributed by atoms with Crippen molar-refractivity contribution in [3.8, 4) is 5.75 Å². The molecule has 1 heterocycles. The molecule has 0 spiro atoms. The molecule has 0 aromatic heterocycles. The maximum absolute atomic E-state index is 12.1. The maximum Gasteiger partial charge on any atom is 0.142 e. The SMILES string of the molecule is [O][SH]1C=C(Oc2cccc3ccccc23)c2ccccc21. The van der Waals surface area contributed by atoms with Crippen LogP contribution in [0.1, 0.15) is 5.56 Å². The van der Waals surface area contributed by atoms with Gasteiger partial charge in [-0.1, -0.05) is 65.8 Å². The summed E-state index contributed by atoms with van der Waals surface area (Å²) in [5, 5.41) is 3.90. The van der Waals surface area contributed by atoms with Gasteiger partial charge in [0.1, 0.15) is 11.5 Å². The van der Waals surface area contributed by atoms with E-state index in [0.29, 0.717) is 5.76 Å². The Bertz CT molecular complexity index is 849. The predicted octanol–water partition coefficient (Wildman–Crippen LogP) is 4.94. The van der Waals surface area contributed by atoms with E-state index in [2.05, 4.69) is 12.1 Å². The number of fused-ring (bicyclic) bond motifs is 2. The summed E-state index contributed by atoms with van der Waals surface area (Å²) >= 11 is -1.50. The summed E-state index contributed by atoms with van der Waals surface area (Å²) in [5.74, 6) is 1.47. The largest absolute Gasteiger partial charge is 0.455 e. The minimum absolute atomic E-state index is 0.683. The maximum atomic E-state index is 12.1. The summed E-state index contributed by atoms with van der Waals surface area (Å²) in [6, 6.07) is 21.7. The standard InChI is InChI=1S/C18H13O2S/c19-21-12-17(15-9-3-4-11-18(15)21)20-16-10-5-7-13-6-1-2-8-14(13)16/h1-12,21H. The molecule has 2 nitrogen and oxygen atoms in total. The van der Waals surface area contributed by atoms with Gasteiger partial charge >= 0.3 is 0 Å². The number of rotatable bonds is 2. The molecule has 3 aromatic rings. The van der Waals surface area contributed by atoms with Gasteiger partial charge in [0.15, 0.2) is 0 Å². The van der Waals surface area contributed by atoms with Gasteiger partial charge in [-0.3, -0.25) is 0 Å². The minimum atomic E-state index is -1.50. The number of hydrogen-bond donors (Lipinski definition) is 1. The first kappa shape index (κ1) is 12.5. The van der Waals surface area contributed by atoms with E-state index in [1.54, 1.807) is 5.41 Å². The second-order valence-corrected chi connectivity index (χ2v) is 6.31. The zero-order chi connectivity index (χ0) is 14.2. The fourth-order valence-electron chi connectivity index (χ4n) is 2.60. The van der Waals surface area contributed by atoms with Gasteiger partial charge in [-0.05, 0) is 17.5 Å². The number of ether oxygens (including phenoxy) is 1. The van der Waals surface area contributed by atoms with Crippen molar-refractivity contribution in [2.24, 2.45) is 0 Å². The van der Waals surface area contributed by atoms with Crippen LogP contribution >= 0.6 is 11.2 Å². The first-order valence-electron chi connectivity index (χ1n) is 6.76. The van der Waals surface area contributed by atoms with Crippen LogP contribution in [0.5, 0.6) is 5.75 Å². The lowest BCUT2D eigenvalue weighted by molar-refractivity contribution is 0.520. The zero-order valence-electron chi connectivity index (χ0n) is 11.2. The monoisotopic (exact) mass is 293 g/mol. The highest BCUT2D eigenvalue weighted by Gasteiger charge is 2.22. The molecule has 21 heavy (non-hydrogen) atoms. The van der Waals surface area contributed by atoms with Crippen molar-refractivity contribution in [3.05, 3.63) is 77.7 Å². The van der Waals surface area contributed by atoms with Gasteiger partial charge in [0, 0.05) is 21.3 Å². The van der Waals surface area contributed by atoms with E-state index in [1.807, 2.05) is 54.6 Å². The molecule has 1 unspecified atom stereocenters. The Morgan fingerprint density at radius 3 is 2.52 bits per heavy atom. The van der Waals surface area contributed by atoms with E-state index in [-0.39, 0.29) is 0 Å². The van der Waals surface area contributed by atoms with Crippen molar-refractivity contribution >= 4 is 27.7 Å². The summed E-state index contributed by atoms with van der Waals surface area (Å²) in [5.41, 5.74) is 0.923. The van der Waals surface area contributed by atoms with Gasteiger partial charge in [-0.15, -0.1) is 0 Å². The van der Waals surface area contributed by atoms with Gasteiger partial charge in [0.25, 0.3) is 0 Å². The third-order valence-corrected chi connectivity index (χ3v) is 4.94. The third kappa shape index (κ3) is 2.11. The van der Waals surface area contributed by atoms with Gasteiger partial charge in [-0.25, -0.2) is 0 Å². The quantitative estimate of drug-likeness (QED) is 0.666. The van der Waals surface area contributed by atoms with Crippen LogP contribution in [0.25, 0.3) is 16.5 Å². The molecule has 0 amide bonds. The van der Waals surface area contributed by atoms with Crippen LogP contribution in [0, 0.1) is 0 Å². The predicted molar refractivity (Wildman–Crippen MR) is 86.9 cm³/mol. The summed E-state index contributed by atoms with van der Waals surface area (Å²) in [6.07, 6.45) is 0.